The molecule has 0 aliphatic carbocycles. The van der Waals surface area contributed by atoms with Crippen molar-refractivity contribution in [2.75, 3.05) is 20.2 Å². The van der Waals surface area contributed by atoms with Crippen LogP contribution in [0.1, 0.15) is 44.1 Å². The van der Waals surface area contributed by atoms with E-state index in [4.69, 9.17) is 11.2 Å². The van der Waals surface area contributed by atoms with Gasteiger partial charge in [0.05, 0.1) is 7.11 Å². The zero-order chi connectivity index (χ0) is 19.1. The third-order valence-electron chi connectivity index (χ3n) is 5.30. The Morgan fingerprint density at radius 1 is 1.37 bits per heavy atom. The number of terminal acetylenes is 1. The first-order chi connectivity index (χ1) is 13.1. The molecule has 6 heteroatoms. The van der Waals surface area contributed by atoms with E-state index < -0.39 is 0 Å². The number of piperidine rings is 1. The van der Waals surface area contributed by atoms with Gasteiger partial charge in [-0.3, -0.25) is 9.69 Å². The number of hydrogen-bond acceptors (Lipinski definition) is 5. The summed E-state index contributed by atoms with van der Waals surface area (Å²) in [7, 11) is 1.69. The van der Waals surface area contributed by atoms with Gasteiger partial charge in [0.15, 0.2) is 5.66 Å². The normalized spacial score (nSPS) is 18.7. The number of ether oxygens (including phenoxy) is 1. The molecule has 1 aromatic rings. The van der Waals surface area contributed by atoms with E-state index in [1.807, 2.05) is 12.1 Å². The van der Waals surface area contributed by atoms with Gasteiger partial charge < -0.3 is 10.1 Å². The van der Waals surface area contributed by atoms with Crippen LogP contribution in [0.15, 0.2) is 34.5 Å². The molecule has 0 aromatic heterocycles. The lowest BCUT2D eigenvalue weighted by molar-refractivity contribution is -0.122. The third-order valence-corrected chi connectivity index (χ3v) is 5.30. The van der Waals surface area contributed by atoms with Gasteiger partial charge in [0.25, 0.3) is 0 Å². The second-order valence-electron chi connectivity index (χ2n) is 7.36. The fourth-order valence-electron chi connectivity index (χ4n) is 3.55. The molecule has 2 aliphatic heterocycles. The Hall–Kier alpha value is -2.39. The van der Waals surface area contributed by atoms with Gasteiger partial charge in [0.2, 0.25) is 5.91 Å². The molecule has 3 rings (SSSR count). The molecule has 1 aromatic carbocycles. The second kappa shape index (κ2) is 9.01. The molecule has 2 heterocycles. The number of carbonyl (C=O) groups is 1. The molecule has 144 valence electrons. The van der Waals surface area contributed by atoms with Crippen LogP contribution < -0.4 is 10.1 Å². The van der Waals surface area contributed by atoms with Crippen LogP contribution in [0, 0.1) is 12.3 Å². The number of amides is 1. The van der Waals surface area contributed by atoms with Crippen molar-refractivity contribution in [2.24, 2.45) is 10.2 Å². The lowest BCUT2D eigenvalue weighted by atomic mass is 10.0. The highest BCUT2D eigenvalue weighted by molar-refractivity contribution is 5.76. The van der Waals surface area contributed by atoms with E-state index in [0.29, 0.717) is 19.3 Å². The van der Waals surface area contributed by atoms with Crippen molar-refractivity contribution in [3.63, 3.8) is 0 Å². The van der Waals surface area contributed by atoms with Crippen LogP contribution in [0.3, 0.4) is 0 Å². The smallest absolute Gasteiger partial charge is 0.220 e. The van der Waals surface area contributed by atoms with Crippen LogP contribution in [0.2, 0.25) is 0 Å². The van der Waals surface area contributed by atoms with Crippen LogP contribution >= 0.6 is 0 Å². The molecule has 1 fully saturated rings. The summed E-state index contributed by atoms with van der Waals surface area (Å²) in [4.78, 5) is 14.7. The Morgan fingerprint density at radius 3 is 2.81 bits per heavy atom. The number of rotatable bonds is 9. The van der Waals surface area contributed by atoms with Crippen molar-refractivity contribution in [1.29, 1.82) is 0 Å². The zero-order valence-electron chi connectivity index (χ0n) is 16.0. The molecule has 2 aliphatic rings. The summed E-state index contributed by atoms with van der Waals surface area (Å²) in [5.41, 5.74) is 0.884. The molecule has 0 spiro atoms. The largest absolute Gasteiger partial charge is 0.497 e. The Balaban J connectivity index is 1.35. The number of carbonyl (C=O) groups excluding carboxylic acids is 1. The molecule has 0 atom stereocenters. The molecule has 6 nitrogen and oxygen atoms in total. The average Bonchev–Trinajstić information content (AvgIpc) is 3.47. The van der Waals surface area contributed by atoms with Gasteiger partial charge in [-0.25, -0.2) is 0 Å². The Labute approximate surface area is 161 Å². The van der Waals surface area contributed by atoms with E-state index in [-0.39, 0.29) is 17.6 Å². The molecule has 1 N–H and O–H groups in total. The van der Waals surface area contributed by atoms with Crippen LogP contribution in [-0.2, 0) is 11.3 Å². The van der Waals surface area contributed by atoms with Crippen LogP contribution in [0.4, 0.5) is 0 Å². The third kappa shape index (κ3) is 5.80. The number of methoxy groups -OCH3 is 1. The van der Waals surface area contributed by atoms with Gasteiger partial charge in [0, 0.05) is 51.4 Å². The lowest BCUT2D eigenvalue weighted by Crippen LogP contribution is -2.44. The first-order valence-electron chi connectivity index (χ1n) is 9.65. The van der Waals surface area contributed by atoms with Crippen LogP contribution in [-0.4, -0.2) is 42.7 Å². The van der Waals surface area contributed by atoms with Gasteiger partial charge in [-0.2, -0.15) is 10.2 Å². The van der Waals surface area contributed by atoms with Crippen molar-refractivity contribution < 1.29 is 9.53 Å². The van der Waals surface area contributed by atoms with Gasteiger partial charge in [-0.1, -0.05) is 12.1 Å². The summed E-state index contributed by atoms with van der Waals surface area (Å²) < 4.78 is 5.29. The maximum Gasteiger partial charge on any atom is 0.220 e. The lowest BCUT2D eigenvalue weighted by Gasteiger charge is -2.32. The predicted octanol–water partition coefficient (Wildman–Crippen LogP) is 3.13. The minimum absolute atomic E-state index is 0.0960. The molecular formula is C21H28N4O2. The fraction of sp³-hybridized carbons (Fsp3) is 0.571. The minimum atomic E-state index is -0.371. The summed E-state index contributed by atoms with van der Waals surface area (Å²) in [5, 5.41) is 11.3. The highest BCUT2D eigenvalue weighted by atomic mass is 16.5. The highest BCUT2D eigenvalue weighted by Gasteiger charge is 2.39. The van der Waals surface area contributed by atoms with E-state index in [0.717, 1.165) is 44.6 Å². The van der Waals surface area contributed by atoms with E-state index in [9.17, 15) is 4.79 Å². The molecular weight excluding hydrogens is 340 g/mol. The van der Waals surface area contributed by atoms with Crippen molar-refractivity contribution in [3.05, 3.63) is 29.8 Å². The van der Waals surface area contributed by atoms with Gasteiger partial charge >= 0.3 is 0 Å². The average molecular weight is 368 g/mol. The molecule has 0 radical (unpaired) electrons. The molecule has 1 amide bonds. The fourth-order valence-corrected chi connectivity index (χ4v) is 3.55. The minimum Gasteiger partial charge on any atom is -0.497 e. The van der Waals surface area contributed by atoms with Gasteiger partial charge in [-0.05, 0) is 30.5 Å². The SMILES string of the molecule is C#CCCC1(CCC(=O)NC2CCN(Cc3cccc(OC)c3)CC2)N=N1. The van der Waals surface area contributed by atoms with Crippen molar-refractivity contribution in [2.45, 2.75) is 56.8 Å². The summed E-state index contributed by atoms with van der Waals surface area (Å²) >= 11 is 0. The summed E-state index contributed by atoms with van der Waals surface area (Å²) in [6.45, 7) is 2.89. The van der Waals surface area contributed by atoms with Crippen molar-refractivity contribution >= 4 is 5.91 Å². The molecule has 1 saturated heterocycles. The number of hydrogen-bond donors (Lipinski definition) is 1. The van der Waals surface area contributed by atoms with Crippen LogP contribution in [0.5, 0.6) is 5.75 Å². The first-order valence-corrected chi connectivity index (χ1v) is 9.65. The maximum atomic E-state index is 12.2. The van der Waals surface area contributed by atoms with E-state index >= 15 is 0 Å². The first kappa shape index (κ1) is 19.4. The Bertz CT molecular complexity index is 711. The van der Waals surface area contributed by atoms with E-state index in [1.54, 1.807) is 7.11 Å². The number of likely N-dealkylation sites (tertiary alicyclic amines) is 1. The number of nitrogens with one attached hydrogen (secondary N) is 1. The zero-order valence-corrected chi connectivity index (χ0v) is 16.0. The van der Waals surface area contributed by atoms with Crippen LogP contribution in [0.25, 0.3) is 0 Å². The quantitative estimate of drug-likeness (QED) is 0.681. The maximum absolute atomic E-state index is 12.2. The number of nitrogens with zero attached hydrogens (tertiary/aromatic N) is 3. The van der Waals surface area contributed by atoms with Crippen molar-refractivity contribution in [1.82, 2.24) is 10.2 Å². The van der Waals surface area contributed by atoms with Crippen molar-refractivity contribution in [3.8, 4) is 18.1 Å². The van der Waals surface area contributed by atoms with Gasteiger partial charge in [0.1, 0.15) is 5.75 Å². The van der Waals surface area contributed by atoms with E-state index in [2.05, 4.69) is 38.5 Å². The van der Waals surface area contributed by atoms with Gasteiger partial charge in [-0.15, -0.1) is 12.3 Å². The summed E-state index contributed by atoms with van der Waals surface area (Å²) in [6, 6.07) is 8.45. The molecule has 27 heavy (non-hydrogen) atoms. The highest BCUT2D eigenvalue weighted by Crippen LogP contribution is 2.37. The second-order valence-corrected chi connectivity index (χ2v) is 7.36. The molecule has 0 saturated carbocycles. The van der Waals surface area contributed by atoms with E-state index in [1.165, 1.54) is 5.56 Å². The Morgan fingerprint density at radius 2 is 2.15 bits per heavy atom. The summed E-state index contributed by atoms with van der Waals surface area (Å²) in [5.74, 6) is 3.60. The molecule has 0 bridgehead atoms. The number of benzene rings is 1. The topological polar surface area (TPSA) is 66.3 Å². The molecule has 0 unspecified atom stereocenters. The standard InChI is InChI=1S/C21H28N4O2/c1-3-4-11-21(23-24-21)12-8-20(26)22-18-9-13-25(14-10-18)16-17-6-5-7-19(15-17)27-2/h1,5-7,15,18H,4,8-14,16H2,2H3,(H,22,26). The monoisotopic (exact) mass is 368 g/mol. The summed E-state index contributed by atoms with van der Waals surface area (Å²) in [6.07, 6.45) is 9.78. The Kier molecular flexibility index (Phi) is 6.46. The predicted molar refractivity (Wildman–Crippen MR) is 104 cm³/mol.